The van der Waals surface area contributed by atoms with Gasteiger partial charge in [0.15, 0.2) is 5.76 Å². The Morgan fingerprint density at radius 2 is 2.05 bits per heavy atom. The Bertz CT molecular complexity index is 583. The van der Waals surface area contributed by atoms with Crippen LogP contribution in [0, 0.1) is 0 Å². The molecule has 1 amide bonds. The zero-order valence-corrected chi connectivity index (χ0v) is 11.1. The summed E-state index contributed by atoms with van der Waals surface area (Å²) in [6, 6.07) is 7.99. The second-order valence-corrected chi connectivity index (χ2v) is 5.20. The van der Waals surface area contributed by atoms with E-state index in [0.29, 0.717) is 5.76 Å². The number of rotatable bonds is 2. The van der Waals surface area contributed by atoms with Crippen LogP contribution in [-0.4, -0.2) is 37.0 Å². The highest BCUT2D eigenvalue weighted by Crippen LogP contribution is 2.21. The second-order valence-electron chi connectivity index (χ2n) is 5.20. The number of nitrogens with one attached hydrogen (secondary N) is 1. The summed E-state index contributed by atoms with van der Waals surface area (Å²) in [6.45, 7) is 2.06. The molecule has 0 bridgehead atoms. The van der Waals surface area contributed by atoms with Gasteiger partial charge in [0.1, 0.15) is 0 Å². The van der Waals surface area contributed by atoms with Gasteiger partial charge in [0, 0.05) is 16.8 Å². The summed E-state index contributed by atoms with van der Waals surface area (Å²) in [5.41, 5.74) is 0. The van der Waals surface area contributed by atoms with Crippen molar-refractivity contribution in [3.63, 3.8) is 0 Å². The first-order valence-corrected chi connectivity index (χ1v) is 6.69. The van der Waals surface area contributed by atoms with E-state index in [9.17, 15) is 4.79 Å². The highest BCUT2D eigenvalue weighted by Gasteiger charge is 2.21. The Labute approximate surface area is 112 Å². The molecule has 0 atom stereocenters. The van der Waals surface area contributed by atoms with Crippen LogP contribution in [0.3, 0.4) is 0 Å². The molecule has 0 radical (unpaired) electrons. The van der Waals surface area contributed by atoms with E-state index >= 15 is 0 Å². The number of amides is 1. The van der Waals surface area contributed by atoms with Crippen molar-refractivity contribution in [3.8, 4) is 0 Å². The van der Waals surface area contributed by atoms with E-state index in [4.69, 9.17) is 4.42 Å². The molecule has 1 aromatic carbocycles. The molecule has 1 N–H and O–H groups in total. The summed E-state index contributed by atoms with van der Waals surface area (Å²) in [5.74, 6) is 0.324. The quantitative estimate of drug-likeness (QED) is 0.898. The molecule has 1 aliphatic heterocycles. The first kappa shape index (κ1) is 12.2. The number of carbonyl (C=O) groups excluding carboxylic acids is 1. The lowest BCUT2D eigenvalue weighted by Crippen LogP contribution is -2.43. The van der Waals surface area contributed by atoms with Crippen LogP contribution in [0.15, 0.2) is 34.9 Å². The maximum absolute atomic E-state index is 12.3. The summed E-state index contributed by atoms with van der Waals surface area (Å²) in [7, 11) is 2.11. The standard InChI is InChI=1S/C15H18N2O2/c1-17-8-6-12(7-9-17)16-15(18)14-13-5-3-2-4-11(13)10-19-14/h2-5,10,12H,6-9H2,1H3,(H,16,18). The minimum atomic E-state index is -0.101. The molecule has 1 aromatic heterocycles. The van der Waals surface area contributed by atoms with Gasteiger partial charge in [-0.25, -0.2) is 0 Å². The molecule has 0 saturated carbocycles. The first-order valence-electron chi connectivity index (χ1n) is 6.69. The lowest BCUT2D eigenvalue weighted by molar-refractivity contribution is 0.0891. The first-order chi connectivity index (χ1) is 9.24. The molecule has 0 unspecified atom stereocenters. The van der Waals surface area contributed by atoms with Crippen LogP contribution < -0.4 is 5.32 Å². The van der Waals surface area contributed by atoms with Gasteiger partial charge < -0.3 is 14.6 Å². The van der Waals surface area contributed by atoms with Crippen molar-refractivity contribution >= 4 is 16.7 Å². The Balaban J connectivity index is 1.73. The van der Waals surface area contributed by atoms with Crippen molar-refractivity contribution in [2.45, 2.75) is 18.9 Å². The smallest absolute Gasteiger partial charge is 0.287 e. The monoisotopic (exact) mass is 258 g/mol. The maximum Gasteiger partial charge on any atom is 0.287 e. The number of hydrogen-bond donors (Lipinski definition) is 1. The molecule has 4 nitrogen and oxygen atoms in total. The minimum Gasteiger partial charge on any atom is -0.458 e. The van der Waals surface area contributed by atoms with E-state index in [2.05, 4.69) is 17.3 Å². The van der Waals surface area contributed by atoms with Crippen molar-refractivity contribution in [1.29, 1.82) is 0 Å². The van der Waals surface area contributed by atoms with Crippen molar-refractivity contribution in [3.05, 3.63) is 36.3 Å². The molecule has 19 heavy (non-hydrogen) atoms. The highest BCUT2D eigenvalue weighted by molar-refractivity contribution is 6.04. The van der Waals surface area contributed by atoms with Gasteiger partial charge in [0.25, 0.3) is 5.91 Å². The number of furan rings is 1. The van der Waals surface area contributed by atoms with Crippen LogP contribution in [0.5, 0.6) is 0 Å². The predicted octanol–water partition coefficient (Wildman–Crippen LogP) is 2.26. The van der Waals surface area contributed by atoms with Crippen LogP contribution in [-0.2, 0) is 0 Å². The minimum absolute atomic E-state index is 0.101. The summed E-state index contributed by atoms with van der Waals surface area (Å²) in [5, 5.41) is 4.93. The molecular weight excluding hydrogens is 240 g/mol. The summed E-state index contributed by atoms with van der Waals surface area (Å²) in [4.78, 5) is 14.5. The van der Waals surface area contributed by atoms with E-state index in [1.807, 2.05) is 24.3 Å². The molecule has 2 heterocycles. The van der Waals surface area contributed by atoms with Gasteiger partial charge in [-0.1, -0.05) is 24.3 Å². The molecule has 4 heteroatoms. The lowest BCUT2D eigenvalue weighted by atomic mass is 10.1. The summed E-state index contributed by atoms with van der Waals surface area (Å²) < 4.78 is 5.42. The fraction of sp³-hybridized carbons (Fsp3) is 0.400. The summed E-state index contributed by atoms with van der Waals surface area (Å²) >= 11 is 0. The normalized spacial score (nSPS) is 17.7. The molecule has 0 aliphatic carbocycles. The molecule has 1 aliphatic rings. The van der Waals surface area contributed by atoms with E-state index in [0.717, 1.165) is 36.7 Å². The van der Waals surface area contributed by atoms with Crippen molar-refractivity contribution < 1.29 is 9.21 Å². The van der Waals surface area contributed by atoms with Crippen LogP contribution in [0.4, 0.5) is 0 Å². The Hall–Kier alpha value is -1.81. The largest absolute Gasteiger partial charge is 0.458 e. The SMILES string of the molecule is CN1CCC(NC(=O)c2occ3ccccc23)CC1. The third kappa shape index (κ3) is 2.49. The zero-order valence-electron chi connectivity index (χ0n) is 11.1. The fourth-order valence-corrected chi connectivity index (χ4v) is 2.57. The zero-order chi connectivity index (χ0) is 13.2. The molecular formula is C15H18N2O2. The molecule has 1 fully saturated rings. The third-order valence-corrected chi connectivity index (χ3v) is 3.77. The van der Waals surface area contributed by atoms with Gasteiger partial charge in [-0.2, -0.15) is 0 Å². The molecule has 2 aromatic rings. The van der Waals surface area contributed by atoms with E-state index in [1.165, 1.54) is 0 Å². The Kier molecular flexibility index (Phi) is 3.25. The average molecular weight is 258 g/mol. The topological polar surface area (TPSA) is 45.5 Å². The molecule has 1 saturated heterocycles. The van der Waals surface area contributed by atoms with Crippen LogP contribution >= 0.6 is 0 Å². The van der Waals surface area contributed by atoms with Gasteiger partial charge in [0.05, 0.1) is 6.26 Å². The molecule has 3 rings (SSSR count). The number of hydrogen-bond acceptors (Lipinski definition) is 3. The van der Waals surface area contributed by atoms with Crippen molar-refractivity contribution in [1.82, 2.24) is 10.2 Å². The number of fused-ring (bicyclic) bond motifs is 1. The Morgan fingerprint density at radius 3 is 2.84 bits per heavy atom. The van der Waals surface area contributed by atoms with Gasteiger partial charge in [-0.05, 0) is 33.0 Å². The maximum atomic E-state index is 12.3. The predicted molar refractivity (Wildman–Crippen MR) is 74.2 cm³/mol. The highest BCUT2D eigenvalue weighted by atomic mass is 16.3. The van der Waals surface area contributed by atoms with Gasteiger partial charge >= 0.3 is 0 Å². The van der Waals surface area contributed by atoms with Crippen LogP contribution in [0.2, 0.25) is 0 Å². The van der Waals surface area contributed by atoms with Gasteiger partial charge in [0.2, 0.25) is 0 Å². The number of benzene rings is 1. The number of piperidine rings is 1. The van der Waals surface area contributed by atoms with E-state index < -0.39 is 0 Å². The number of carbonyl (C=O) groups is 1. The Morgan fingerprint density at radius 1 is 1.32 bits per heavy atom. The van der Waals surface area contributed by atoms with E-state index in [1.54, 1.807) is 6.26 Å². The van der Waals surface area contributed by atoms with Crippen molar-refractivity contribution in [2.24, 2.45) is 0 Å². The second kappa shape index (κ2) is 5.05. The lowest BCUT2D eigenvalue weighted by Gasteiger charge is -2.29. The summed E-state index contributed by atoms with van der Waals surface area (Å²) in [6.07, 6.45) is 3.64. The van der Waals surface area contributed by atoms with Crippen LogP contribution in [0.1, 0.15) is 23.4 Å². The van der Waals surface area contributed by atoms with Crippen LogP contribution in [0.25, 0.3) is 10.8 Å². The van der Waals surface area contributed by atoms with Crippen molar-refractivity contribution in [2.75, 3.05) is 20.1 Å². The van der Waals surface area contributed by atoms with Gasteiger partial charge in [-0.15, -0.1) is 0 Å². The average Bonchev–Trinajstić information content (AvgIpc) is 2.85. The molecule has 0 spiro atoms. The van der Waals surface area contributed by atoms with E-state index in [-0.39, 0.29) is 11.9 Å². The fourth-order valence-electron chi connectivity index (χ4n) is 2.57. The van der Waals surface area contributed by atoms with Gasteiger partial charge in [-0.3, -0.25) is 4.79 Å². The number of nitrogens with zero attached hydrogens (tertiary/aromatic N) is 1. The number of likely N-dealkylation sites (tertiary alicyclic amines) is 1. The molecule has 100 valence electrons. The third-order valence-electron chi connectivity index (χ3n) is 3.77.